The minimum absolute atomic E-state index is 0.0908. The average Bonchev–Trinajstić information content (AvgIpc) is 2.54. The Bertz CT molecular complexity index is 772. The molecule has 0 spiro atoms. The molecule has 0 radical (unpaired) electrons. The first-order valence-electron chi connectivity index (χ1n) is 8.01. The summed E-state index contributed by atoms with van der Waals surface area (Å²) in [6, 6.07) is 2.18. The number of hydrogen-bond donors (Lipinski definition) is 0. The monoisotopic (exact) mass is 347 g/mol. The molecule has 5 nitrogen and oxygen atoms in total. The van der Waals surface area contributed by atoms with Crippen molar-refractivity contribution in [1.29, 1.82) is 0 Å². The maximum Gasteiger partial charge on any atom is 0.316 e. The van der Waals surface area contributed by atoms with Crippen LogP contribution in [0.25, 0.3) is 0 Å². The molecule has 0 fully saturated rings. The summed E-state index contributed by atoms with van der Waals surface area (Å²) in [6.45, 7) is 5.79. The van der Waals surface area contributed by atoms with E-state index in [1.165, 1.54) is 7.11 Å². The second-order valence-corrected chi connectivity index (χ2v) is 7.14. The molecule has 1 aliphatic carbocycles. The lowest BCUT2D eigenvalue weighted by atomic mass is 9.68. The van der Waals surface area contributed by atoms with E-state index in [2.05, 4.69) is 9.97 Å². The van der Waals surface area contributed by atoms with Crippen LogP contribution >= 0.6 is 11.6 Å². The van der Waals surface area contributed by atoms with E-state index in [0.29, 0.717) is 18.1 Å². The molecule has 1 aliphatic heterocycles. The number of likely N-dealkylation sites (N-methyl/N-ethyl adjacent to an activating group) is 1. The number of rotatable bonds is 2. The van der Waals surface area contributed by atoms with Crippen LogP contribution in [0.1, 0.15) is 38.1 Å². The molecule has 2 unspecified atom stereocenters. The van der Waals surface area contributed by atoms with Crippen molar-refractivity contribution in [3.63, 3.8) is 0 Å². The predicted molar refractivity (Wildman–Crippen MR) is 93.1 cm³/mol. The van der Waals surface area contributed by atoms with Crippen LogP contribution in [0.4, 0.5) is 0 Å². The Balaban J connectivity index is 2.09. The molecule has 6 heteroatoms. The molecule has 0 saturated heterocycles. The number of allylic oxidation sites excluding steroid dienone is 3. The first-order chi connectivity index (χ1) is 11.3. The second kappa shape index (κ2) is 5.88. The van der Waals surface area contributed by atoms with Crippen molar-refractivity contribution in [2.24, 2.45) is 0 Å². The molecule has 2 aliphatic rings. The van der Waals surface area contributed by atoms with Crippen molar-refractivity contribution in [1.82, 2.24) is 14.9 Å². The molecule has 0 bridgehead atoms. The van der Waals surface area contributed by atoms with Gasteiger partial charge in [0.25, 0.3) is 0 Å². The molecule has 0 aromatic carbocycles. The first-order valence-corrected chi connectivity index (χ1v) is 8.45. The molecule has 0 amide bonds. The minimum Gasteiger partial charge on any atom is -0.467 e. The van der Waals surface area contributed by atoms with Gasteiger partial charge in [0.2, 0.25) is 0 Å². The van der Waals surface area contributed by atoms with Gasteiger partial charge in [-0.15, -0.1) is 0 Å². The Morgan fingerprint density at radius 3 is 2.75 bits per heavy atom. The lowest BCUT2D eigenvalue weighted by Crippen LogP contribution is -2.43. The fourth-order valence-electron chi connectivity index (χ4n) is 3.48. The van der Waals surface area contributed by atoms with Gasteiger partial charge in [-0.2, -0.15) is 4.98 Å². The Morgan fingerprint density at radius 1 is 1.38 bits per heavy atom. The van der Waals surface area contributed by atoms with E-state index in [9.17, 15) is 4.79 Å². The van der Waals surface area contributed by atoms with Crippen LogP contribution < -0.4 is 4.74 Å². The van der Waals surface area contributed by atoms with Gasteiger partial charge in [-0.3, -0.25) is 4.79 Å². The molecule has 1 aromatic heterocycles. The Morgan fingerprint density at radius 2 is 2.08 bits per heavy atom. The summed E-state index contributed by atoms with van der Waals surface area (Å²) in [5.74, 6) is 0.0908. The molecule has 0 N–H and O–H groups in total. The van der Waals surface area contributed by atoms with E-state index in [1.807, 2.05) is 44.9 Å². The second-order valence-electron chi connectivity index (χ2n) is 6.70. The predicted octanol–water partition coefficient (Wildman–Crippen LogP) is 3.12. The minimum atomic E-state index is -0.686. The molecule has 1 aromatic rings. The van der Waals surface area contributed by atoms with Gasteiger partial charge in [0.15, 0.2) is 5.78 Å². The number of carbonyl (C=O) groups is 1. The maximum absolute atomic E-state index is 13.4. The quantitative estimate of drug-likeness (QED) is 0.607. The van der Waals surface area contributed by atoms with Crippen LogP contribution in [-0.4, -0.2) is 40.3 Å². The number of aryl methyl sites for hydroxylation is 1. The number of aromatic nitrogens is 2. The van der Waals surface area contributed by atoms with Crippen molar-refractivity contribution in [2.75, 3.05) is 14.2 Å². The summed E-state index contributed by atoms with van der Waals surface area (Å²) in [6.07, 6.45) is 3.40. The lowest BCUT2D eigenvalue weighted by Gasteiger charge is -2.41. The molecule has 3 rings (SSSR count). The molecular formula is C18H22ClN3O2. The van der Waals surface area contributed by atoms with Gasteiger partial charge in [0.05, 0.1) is 18.2 Å². The Kier molecular flexibility index (Phi) is 4.16. The van der Waals surface area contributed by atoms with Crippen molar-refractivity contribution >= 4 is 17.4 Å². The number of ketones is 1. The number of hydrogen-bond acceptors (Lipinski definition) is 5. The zero-order valence-electron chi connectivity index (χ0n) is 14.7. The third kappa shape index (κ3) is 2.51. The summed E-state index contributed by atoms with van der Waals surface area (Å²) in [5, 5.41) is 0. The van der Waals surface area contributed by atoms with Gasteiger partial charge < -0.3 is 9.64 Å². The molecular weight excluding hydrogens is 326 g/mol. The number of Topliss-reactive ketones (excluding diaryl/α,β-unsaturated/α-hetero) is 1. The highest BCUT2D eigenvalue weighted by Crippen LogP contribution is 2.44. The van der Waals surface area contributed by atoms with Crippen molar-refractivity contribution < 1.29 is 9.53 Å². The molecule has 2 atom stereocenters. The van der Waals surface area contributed by atoms with Gasteiger partial charge in [-0.05, 0) is 51.3 Å². The number of alkyl halides is 1. The number of nitrogens with zero attached hydrogens (tertiary/aromatic N) is 3. The van der Waals surface area contributed by atoms with E-state index < -0.39 is 5.41 Å². The van der Waals surface area contributed by atoms with E-state index >= 15 is 0 Å². The molecule has 24 heavy (non-hydrogen) atoms. The van der Waals surface area contributed by atoms with Crippen LogP contribution in [0.3, 0.4) is 0 Å². The van der Waals surface area contributed by atoms with Gasteiger partial charge >= 0.3 is 6.01 Å². The zero-order valence-corrected chi connectivity index (χ0v) is 15.4. The molecule has 128 valence electrons. The standard InChI is InChI=1S/C18H22ClN3O2/c1-10-8-14(19)22(4)12-6-7-18(3,16(23)15(10)12)13-9-11(2)20-17(21-13)24-5/h8-9,14H,6-7H2,1-5H3. The van der Waals surface area contributed by atoms with Crippen LogP contribution in [-0.2, 0) is 10.2 Å². The van der Waals surface area contributed by atoms with Gasteiger partial charge in [0.1, 0.15) is 5.50 Å². The average molecular weight is 348 g/mol. The van der Waals surface area contributed by atoms with Gasteiger partial charge in [-0.25, -0.2) is 4.98 Å². The van der Waals surface area contributed by atoms with E-state index in [4.69, 9.17) is 16.3 Å². The highest BCUT2D eigenvalue weighted by molar-refractivity contribution is 6.22. The number of methoxy groups -OCH3 is 1. The lowest BCUT2D eigenvalue weighted by molar-refractivity contribution is -0.121. The smallest absolute Gasteiger partial charge is 0.316 e. The third-order valence-corrected chi connectivity index (χ3v) is 5.46. The Hall–Kier alpha value is -1.88. The van der Waals surface area contributed by atoms with Crippen LogP contribution in [0.15, 0.2) is 29.0 Å². The van der Waals surface area contributed by atoms with E-state index in [1.54, 1.807) is 0 Å². The van der Waals surface area contributed by atoms with E-state index in [-0.39, 0.29) is 11.3 Å². The number of halogens is 1. The Labute approximate surface area is 147 Å². The summed E-state index contributed by atoms with van der Waals surface area (Å²) < 4.78 is 5.18. The first kappa shape index (κ1) is 17.0. The molecule has 2 heterocycles. The van der Waals surface area contributed by atoms with Crippen molar-refractivity contribution in [3.8, 4) is 6.01 Å². The fourth-order valence-corrected chi connectivity index (χ4v) is 3.79. The van der Waals surface area contributed by atoms with Crippen LogP contribution in [0, 0.1) is 6.92 Å². The number of carbonyl (C=O) groups excluding carboxylic acids is 1. The van der Waals surface area contributed by atoms with E-state index in [0.717, 1.165) is 29.0 Å². The number of ether oxygens (including phenoxy) is 1. The van der Waals surface area contributed by atoms with Crippen molar-refractivity contribution in [2.45, 2.75) is 44.5 Å². The third-order valence-electron chi connectivity index (χ3n) is 5.04. The summed E-state index contributed by atoms with van der Waals surface area (Å²) in [7, 11) is 3.47. The van der Waals surface area contributed by atoms with Crippen LogP contribution in [0.2, 0.25) is 0 Å². The summed E-state index contributed by atoms with van der Waals surface area (Å²) in [5.41, 5.74) is 3.36. The topological polar surface area (TPSA) is 55.3 Å². The maximum atomic E-state index is 13.4. The van der Waals surface area contributed by atoms with Crippen LogP contribution in [0.5, 0.6) is 6.01 Å². The summed E-state index contributed by atoms with van der Waals surface area (Å²) in [4.78, 5) is 24.1. The normalized spacial score (nSPS) is 27.1. The highest BCUT2D eigenvalue weighted by Gasteiger charge is 2.45. The van der Waals surface area contributed by atoms with Gasteiger partial charge in [0, 0.05) is 24.0 Å². The van der Waals surface area contributed by atoms with Crippen molar-refractivity contribution in [3.05, 3.63) is 40.4 Å². The SMILES string of the molecule is COc1nc(C)cc(C2(C)CCC3=C(C2=O)C(C)=CC(Cl)N3C)n1. The fraction of sp³-hybridized carbons (Fsp3) is 0.500. The summed E-state index contributed by atoms with van der Waals surface area (Å²) >= 11 is 6.34. The highest BCUT2D eigenvalue weighted by atomic mass is 35.5. The van der Waals surface area contributed by atoms with Gasteiger partial charge in [-0.1, -0.05) is 11.6 Å². The molecule has 0 saturated carbocycles. The largest absolute Gasteiger partial charge is 0.467 e. The zero-order chi connectivity index (χ0) is 17.6.